The molecule has 0 saturated carbocycles. The van der Waals surface area contributed by atoms with Crippen LogP contribution < -0.4 is 5.56 Å². The van der Waals surface area contributed by atoms with Gasteiger partial charge in [0.1, 0.15) is 0 Å². The molecular weight excluding hydrogens is 386 g/mol. The Bertz CT molecular complexity index is 918. The zero-order chi connectivity index (χ0) is 17.1. The molecular formula is C15H14ClN3O2S3. The Hall–Kier alpha value is -1.35. The van der Waals surface area contributed by atoms with E-state index in [0.717, 1.165) is 9.21 Å². The topological polar surface area (TPSA) is 54.7 Å². The first-order chi connectivity index (χ1) is 11.5. The lowest BCUT2D eigenvalue weighted by atomic mass is 10.4. The molecule has 0 N–H and O–H groups in total. The van der Waals surface area contributed by atoms with E-state index in [-0.39, 0.29) is 11.5 Å². The van der Waals surface area contributed by atoms with Gasteiger partial charge in [0.2, 0.25) is 5.91 Å². The number of thiazole rings is 1. The molecule has 3 heterocycles. The second kappa shape index (κ2) is 7.69. The van der Waals surface area contributed by atoms with Gasteiger partial charge in [0, 0.05) is 35.3 Å². The Kier molecular flexibility index (Phi) is 5.60. The first-order valence-electron chi connectivity index (χ1n) is 7.04. The van der Waals surface area contributed by atoms with Crippen molar-refractivity contribution in [1.29, 1.82) is 0 Å². The minimum absolute atomic E-state index is 0.0402. The fraction of sp³-hybridized carbons (Fsp3) is 0.267. The predicted octanol–water partition coefficient (Wildman–Crippen LogP) is 3.36. The standard InChI is InChI=1S/C15H14ClN3O2S3/c1-18(7-11-2-3-12(16)24-11)14(21)9-22-8-10-6-13(20)19-4-5-23-15(19)17-10/h2-6H,7-9H2,1H3. The van der Waals surface area contributed by atoms with Crippen molar-refractivity contribution in [3.63, 3.8) is 0 Å². The fourth-order valence-corrected chi connectivity index (χ4v) is 4.81. The molecule has 0 aliphatic heterocycles. The van der Waals surface area contributed by atoms with Gasteiger partial charge in [-0.15, -0.1) is 34.4 Å². The molecule has 0 unspecified atom stereocenters. The molecule has 0 aliphatic carbocycles. The second-order valence-electron chi connectivity index (χ2n) is 5.09. The number of rotatable bonds is 6. The van der Waals surface area contributed by atoms with E-state index >= 15 is 0 Å². The van der Waals surface area contributed by atoms with Crippen LogP contribution in [0.5, 0.6) is 0 Å². The van der Waals surface area contributed by atoms with Crippen molar-refractivity contribution in [2.45, 2.75) is 12.3 Å². The van der Waals surface area contributed by atoms with Crippen LogP contribution in [0, 0.1) is 0 Å². The first kappa shape index (κ1) is 17.5. The minimum Gasteiger partial charge on any atom is -0.340 e. The number of amides is 1. The Morgan fingerprint density at radius 3 is 3.04 bits per heavy atom. The summed E-state index contributed by atoms with van der Waals surface area (Å²) in [4.78, 5) is 31.9. The fourth-order valence-electron chi connectivity index (χ4n) is 2.07. The van der Waals surface area contributed by atoms with E-state index in [1.54, 1.807) is 18.1 Å². The van der Waals surface area contributed by atoms with Crippen LogP contribution in [0.1, 0.15) is 10.6 Å². The number of halogens is 1. The number of hydrogen-bond donors (Lipinski definition) is 0. The molecule has 0 aliphatic rings. The maximum atomic E-state index is 12.2. The van der Waals surface area contributed by atoms with Crippen LogP contribution in [0.25, 0.3) is 4.96 Å². The zero-order valence-corrected chi connectivity index (χ0v) is 16.0. The Labute approximate surface area is 155 Å². The van der Waals surface area contributed by atoms with Crippen molar-refractivity contribution in [3.05, 3.63) is 55.0 Å². The summed E-state index contributed by atoms with van der Waals surface area (Å²) in [5.74, 6) is 0.924. The van der Waals surface area contributed by atoms with E-state index in [1.807, 2.05) is 17.5 Å². The predicted molar refractivity (Wildman–Crippen MR) is 101 cm³/mol. The molecule has 0 atom stereocenters. The highest BCUT2D eigenvalue weighted by molar-refractivity contribution is 7.99. The summed E-state index contributed by atoms with van der Waals surface area (Å²) >= 11 is 10.3. The number of carbonyl (C=O) groups excluding carboxylic acids is 1. The normalized spacial score (nSPS) is 11.1. The van der Waals surface area contributed by atoms with Gasteiger partial charge in [0.25, 0.3) is 5.56 Å². The molecule has 5 nitrogen and oxygen atoms in total. The average Bonchev–Trinajstić information content (AvgIpc) is 3.16. The van der Waals surface area contributed by atoms with Gasteiger partial charge >= 0.3 is 0 Å². The zero-order valence-electron chi connectivity index (χ0n) is 12.8. The van der Waals surface area contributed by atoms with Gasteiger partial charge in [-0.3, -0.25) is 14.0 Å². The smallest absolute Gasteiger partial charge is 0.258 e. The highest BCUT2D eigenvalue weighted by atomic mass is 35.5. The van der Waals surface area contributed by atoms with E-state index in [1.165, 1.54) is 44.9 Å². The van der Waals surface area contributed by atoms with Crippen LogP contribution in [-0.4, -0.2) is 33.0 Å². The lowest BCUT2D eigenvalue weighted by molar-refractivity contribution is -0.127. The monoisotopic (exact) mass is 399 g/mol. The molecule has 3 aromatic heterocycles. The van der Waals surface area contributed by atoms with Gasteiger partial charge in [-0.1, -0.05) is 11.6 Å². The van der Waals surface area contributed by atoms with Crippen molar-refractivity contribution < 1.29 is 4.79 Å². The van der Waals surface area contributed by atoms with Crippen LogP contribution in [0.15, 0.2) is 34.6 Å². The quantitative estimate of drug-likeness (QED) is 0.637. The molecule has 0 bridgehead atoms. The number of carbonyl (C=O) groups is 1. The Morgan fingerprint density at radius 2 is 2.29 bits per heavy atom. The molecule has 24 heavy (non-hydrogen) atoms. The summed E-state index contributed by atoms with van der Waals surface area (Å²) in [6.07, 6.45) is 1.71. The summed E-state index contributed by atoms with van der Waals surface area (Å²) in [5.41, 5.74) is 0.614. The number of aromatic nitrogens is 2. The summed E-state index contributed by atoms with van der Waals surface area (Å²) in [6.45, 7) is 0.553. The van der Waals surface area contributed by atoms with Crippen molar-refractivity contribution >= 4 is 56.9 Å². The molecule has 0 aromatic carbocycles. The highest BCUT2D eigenvalue weighted by Crippen LogP contribution is 2.22. The molecule has 3 rings (SSSR count). The summed E-state index contributed by atoms with van der Waals surface area (Å²) in [5, 5.41) is 1.83. The maximum absolute atomic E-state index is 12.2. The van der Waals surface area contributed by atoms with E-state index in [4.69, 9.17) is 11.6 Å². The van der Waals surface area contributed by atoms with Crippen molar-refractivity contribution in [2.75, 3.05) is 12.8 Å². The third kappa shape index (κ3) is 4.18. The average molecular weight is 400 g/mol. The van der Waals surface area contributed by atoms with Crippen molar-refractivity contribution in [3.8, 4) is 0 Å². The molecule has 1 amide bonds. The number of hydrogen-bond acceptors (Lipinski definition) is 6. The van der Waals surface area contributed by atoms with Crippen molar-refractivity contribution in [1.82, 2.24) is 14.3 Å². The Balaban J connectivity index is 1.53. The van der Waals surface area contributed by atoms with Crippen LogP contribution in [0.2, 0.25) is 4.34 Å². The van der Waals surface area contributed by atoms with Crippen LogP contribution in [-0.2, 0) is 17.1 Å². The van der Waals surface area contributed by atoms with E-state index in [9.17, 15) is 9.59 Å². The molecule has 126 valence electrons. The number of nitrogens with zero attached hydrogens (tertiary/aromatic N) is 3. The van der Waals surface area contributed by atoms with E-state index in [2.05, 4.69) is 4.98 Å². The summed E-state index contributed by atoms with van der Waals surface area (Å²) in [7, 11) is 1.78. The second-order valence-corrected chi connectivity index (χ2v) is 8.75. The maximum Gasteiger partial charge on any atom is 0.258 e. The lowest BCUT2D eigenvalue weighted by Gasteiger charge is -2.15. The molecule has 0 spiro atoms. The summed E-state index contributed by atoms with van der Waals surface area (Å²) < 4.78 is 2.24. The molecule has 3 aromatic rings. The van der Waals surface area contributed by atoms with E-state index < -0.39 is 0 Å². The Morgan fingerprint density at radius 1 is 1.46 bits per heavy atom. The largest absolute Gasteiger partial charge is 0.340 e. The molecule has 0 saturated heterocycles. The third-order valence-corrected chi connectivity index (χ3v) is 6.20. The number of thiophene rings is 1. The molecule has 0 radical (unpaired) electrons. The van der Waals surface area contributed by atoms with E-state index in [0.29, 0.717) is 28.7 Å². The van der Waals surface area contributed by atoms with Crippen molar-refractivity contribution in [2.24, 2.45) is 0 Å². The molecule has 9 heteroatoms. The van der Waals surface area contributed by atoms with Crippen LogP contribution >= 0.6 is 46.0 Å². The van der Waals surface area contributed by atoms with Gasteiger partial charge in [0.05, 0.1) is 22.3 Å². The van der Waals surface area contributed by atoms with Crippen LogP contribution in [0.3, 0.4) is 0 Å². The number of fused-ring (bicyclic) bond motifs is 1. The van der Waals surface area contributed by atoms with Gasteiger partial charge in [-0.05, 0) is 12.1 Å². The van der Waals surface area contributed by atoms with Gasteiger partial charge < -0.3 is 4.90 Å². The number of thioether (sulfide) groups is 1. The molecule has 0 fully saturated rings. The van der Waals surface area contributed by atoms with Gasteiger partial charge in [0.15, 0.2) is 4.96 Å². The van der Waals surface area contributed by atoms with Gasteiger partial charge in [-0.25, -0.2) is 4.98 Å². The highest BCUT2D eigenvalue weighted by Gasteiger charge is 2.11. The minimum atomic E-state index is -0.0881. The third-order valence-electron chi connectivity index (χ3n) is 3.28. The van der Waals surface area contributed by atoms with Crippen LogP contribution in [0.4, 0.5) is 0 Å². The first-order valence-corrected chi connectivity index (χ1v) is 10.3. The van der Waals surface area contributed by atoms with Gasteiger partial charge in [-0.2, -0.15) is 0 Å². The lowest BCUT2D eigenvalue weighted by Crippen LogP contribution is -2.27. The summed E-state index contributed by atoms with van der Waals surface area (Å²) in [6, 6.07) is 5.28. The SMILES string of the molecule is CN(Cc1ccc(Cl)s1)C(=O)CSCc1cc(=O)n2ccsc2n1.